The van der Waals surface area contributed by atoms with Crippen LogP contribution >= 0.6 is 11.6 Å². The maximum atomic E-state index is 6.28. The summed E-state index contributed by atoms with van der Waals surface area (Å²) < 4.78 is 5.22. The predicted molar refractivity (Wildman–Crippen MR) is 100 cm³/mol. The number of nitrogen functional groups attached to an aromatic ring is 1. The van der Waals surface area contributed by atoms with Crippen molar-refractivity contribution in [2.45, 2.75) is 39.5 Å². The highest BCUT2D eigenvalue weighted by atomic mass is 35.5. The van der Waals surface area contributed by atoms with Crippen molar-refractivity contribution in [2.24, 2.45) is 0 Å². The van der Waals surface area contributed by atoms with Crippen LogP contribution in [0.5, 0.6) is 5.75 Å². The summed E-state index contributed by atoms with van der Waals surface area (Å²) in [5, 5.41) is 3.93. The number of ether oxygens (including phenoxy) is 1. The second-order valence-corrected chi connectivity index (χ2v) is 6.67. The number of nitrogens with one attached hydrogen (secondary N) is 1. The number of benzene rings is 2. The number of para-hydroxylation sites is 1. The van der Waals surface area contributed by atoms with Crippen molar-refractivity contribution in [2.75, 3.05) is 18.2 Å². The third-order valence-electron chi connectivity index (χ3n) is 4.00. The Hall–Kier alpha value is -1.87. The SMILES string of the molecule is COc1ccc(Nc2c(C(C)C)cccc2C(C)C)c(N)c1Cl. The van der Waals surface area contributed by atoms with Gasteiger partial charge in [0.2, 0.25) is 0 Å². The third-order valence-corrected chi connectivity index (χ3v) is 4.39. The van der Waals surface area contributed by atoms with Crippen molar-refractivity contribution in [1.29, 1.82) is 0 Å². The molecule has 0 bridgehead atoms. The summed E-state index contributed by atoms with van der Waals surface area (Å²) in [5.41, 5.74) is 11.1. The molecule has 3 nitrogen and oxygen atoms in total. The van der Waals surface area contributed by atoms with Crippen LogP contribution in [0.1, 0.15) is 50.7 Å². The first-order valence-corrected chi connectivity index (χ1v) is 8.26. The van der Waals surface area contributed by atoms with E-state index in [1.807, 2.05) is 12.1 Å². The number of rotatable bonds is 5. The van der Waals surface area contributed by atoms with Gasteiger partial charge in [-0.1, -0.05) is 57.5 Å². The lowest BCUT2D eigenvalue weighted by molar-refractivity contribution is 0.415. The smallest absolute Gasteiger partial charge is 0.139 e. The zero-order chi connectivity index (χ0) is 17.1. The van der Waals surface area contributed by atoms with Gasteiger partial charge in [-0.3, -0.25) is 0 Å². The van der Waals surface area contributed by atoms with Crippen LogP contribution in [0.3, 0.4) is 0 Å². The van der Waals surface area contributed by atoms with E-state index in [1.54, 1.807) is 7.11 Å². The molecule has 0 saturated heterocycles. The normalized spacial score (nSPS) is 11.1. The molecule has 0 aromatic heterocycles. The summed E-state index contributed by atoms with van der Waals surface area (Å²) in [4.78, 5) is 0. The van der Waals surface area contributed by atoms with E-state index in [0.29, 0.717) is 28.3 Å². The van der Waals surface area contributed by atoms with Gasteiger partial charge in [-0.05, 0) is 35.1 Å². The Morgan fingerprint density at radius 2 is 1.57 bits per heavy atom. The molecular formula is C19H25ClN2O. The summed E-state index contributed by atoms with van der Waals surface area (Å²) in [6, 6.07) is 10.1. The van der Waals surface area contributed by atoms with E-state index in [4.69, 9.17) is 22.1 Å². The monoisotopic (exact) mass is 332 g/mol. The van der Waals surface area contributed by atoms with Crippen LogP contribution in [0.15, 0.2) is 30.3 Å². The van der Waals surface area contributed by atoms with Crippen LogP contribution in [-0.2, 0) is 0 Å². The van der Waals surface area contributed by atoms with E-state index >= 15 is 0 Å². The van der Waals surface area contributed by atoms with Crippen LogP contribution in [0.25, 0.3) is 0 Å². The van der Waals surface area contributed by atoms with E-state index in [1.165, 1.54) is 11.1 Å². The minimum absolute atomic E-state index is 0.408. The fraction of sp³-hybridized carbons (Fsp3) is 0.368. The number of nitrogens with two attached hydrogens (primary N) is 1. The Kier molecular flexibility index (Phi) is 5.42. The van der Waals surface area contributed by atoms with Gasteiger partial charge >= 0.3 is 0 Å². The van der Waals surface area contributed by atoms with Crippen molar-refractivity contribution >= 4 is 28.7 Å². The quantitative estimate of drug-likeness (QED) is 0.668. The molecule has 0 saturated carbocycles. The lowest BCUT2D eigenvalue weighted by Crippen LogP contribution is -2.05. The first kappa shape index (κ1) is 17.5. The zero-order valence-corrected chi connectivity index (χ0v) is 15.2. The summed E-state index contributed by atoms with van der Waals surface area (Å²) in [7, 11) is 1.58. The first-order valence-electron chi connectivity index (χ1n) is 7.88. The van der Waals surface area contributed by atoms with E-state index in [2.05, 4.69) is 51.2 Å². The summed E-state index contributed by atoms with van der Waals surface area (Å²) in [6.07, 6.45) is 0. The Balaban J connectivity index is 2.54. The minimum atomic E-state index is 0.408. The van der Waals surface area contributed by atoms with Crippen molar-refractivity contribution in [3.63, 3.8) is 0 Å². The van der Waals surface area contributed by atoms with Gasteiger partial charge in [0.15, 0.2) is 0 Å². The van der Waals surface area contributed by atoms with Gasteiger partial charge in [0, 0.05) is 5.69 Å². The number of hydrogen-bond donors (Lipinski definition) is 2. The highest BCUT2D eigenvalue weighted by molar-refractivity contribution is 6.35. The Labute approximate surface area is 143 Å². The molecule has 2 aromatic rings. The largest absolute Gasteiger partial charge is 0.495 e. The molecule has 0 heterocycles. The molecule has 0 radical (unpaired) electrons. The van der Waals surface area contributed by atoms with Gasteiger partial charge < -0.3 is 15.8 Å². The molecule has 0 fully saturated rings. The van der Waals surface area contributed by atoms with Crippen LogP contribution in [-0.4, -0.2) is 7.11 Å². The number of anilines is 3. The molecule has 0 aliphatic heterocycles. The molecule has 4 heteroatoms. The van der Waals surface area contributed by atoms with Gasteiger partial charge in [0.1, 0.15) is 10.8 Å². The van der Waals surface area contributed by atoms with Gasteiger partial charge in [-0.2, -0.15) is 0 Å². The summed E-state index contributed by atoms with van der Waals surface area (Å²) in [5.74, 6) is 1.40. The number of methoxy groups -OCH3 is 1. The average molecular weight is 333 g/mol. The summed E-state index contributed by atoms with van der Waals surface area (Å²) >= 11 is 6.28. The second kappa shape index (κ2) is 7.14. The molecule has 2 rings (SSSR count). The maximum Gasteiger partial charge on any atom is 0.139 e. The van der Waals surface area contributed by atoms with Crippen LogP contribution < -0.4 is 15.8 Å². The molecule has 0 unspecified atom stereocenters. The number of hydrogen-bond acceptors (Lipinski definition) is 3. The van der Waals surface area contributed by atoms with Gasteiger partial charge in [-0.25, -0.2) is 0 Å². The van der Waals surface area contributed by atoms with Gasteiger partial charge in [0.05, 0.1) is 18.5 Å². The topological polar surface area (TPSA) is 47.3 Å². The molecule has 0 aliphatic rings. The molecule has 2 aromatic carbocycles. The molecule has 0 aliphatic carbocycles. The highest BCUT2D eigenvalue weighted by Gasteiger charge is 2.16. The van der Waals surface area contributed by atoms with Crippen molar-refractivity contribution in [1.82, 2.24) is 0 Å². The zero-order valence-electron chi connectivity index (χ0n) is 14.4. The first-order chi connectivity index (χ1) is 10.9. The van der Waals surface area contributed by atoms with Gasteiger partial charge in [-0.15, -0.1) is 0 Å². The van der Waals surface area contributed by atoms with E-state index in [0.717, 1.165) is 11.4 Å². The standard InChI is InChI=1S/C19H25ClN2O/c1-11(2)13-7-6-8-14(12(3)4)19(13)22-15-9-10-16(23-5)17(20)18(15)21/h6-12,22H,21H2,1-5H3. The van der Waals surface area contributed by atoms with Crippen LogP contribution in [0.4, 0.5) is 17.1 Å². The lowest BCUT2D eigenvalue weighted by atomic mass is 9.92. The second-order valence-electron chi connectivity index (χ2n) is 6.29. The van der Waals surface area contributed by atoms with E-state index in [9.17, 15) is 0 Å². The Morgan fingerprint density at radius 3 is 2.04 bits per heavy atom. The van der Waals surface area contributed by atoms with Crippen molar-refractivity contribution in [3.05, 3.63) is 46.5 Å². The molecule has 124 valence electrons. The molecular weight excluding hydrogens is 308 g/mol. The van der Waals surface area contributed by atoms with Crippen molar-refractivity contribution in [3.8, 4) is 5.75 Å². The van der Waals surface area contributed by atoms with Crippen molar-refractivity contribution < 1.29 is 4.74 Å². The maximum absolute atomic E-state index is 6.28. The molecule has 0 amide bonds. The van der Waals surface area contributed by atoms with Crippen LogP contribution in [0.2, 0.25) is 5.02 Å². The number of halogens is 1. The Bertz CT molecular complexity index is 670. The predicted octanol–water partition coefficient (Wildman–Crippen LogP) is 5.92. The average Bonchev–Trinajstić information content (AvgIpc) is 2.51. The van der Waals surface area contributed by atoms with Crippen LogP contribution in [0, 0.1) is 0 Å². The van der Waals surface area contributed by atoms with E-state index < -0.39 is 0 Å². The fourth-order valence-corrected chi connectivity index (χ4v) is 2.91. The molecule has 3 N–H and O–H groups in total. The minimum Gasteiger partial charge on any atom is -0.495 e. The third kappa shape index (κ3) is 3.56. The summed E-state index contributed by atoms with van der Waals surface area (Å²) in [6.45, 7) is 8.76. The van der Waals surface area contributed by atoms with E-state index in [-0.39, 0.29) is 0 Å². The fourth-order valence-electron chi connectivity index (χ4n) is 2.67. The molecule has 0 atom stereocenters. The lowest BCUT2D eigenvalue weighted by Gasteiger charge is -2.22. The molecule has 23 heavy (non-hydrogen) atoms. The highest BCUT2D eigenvalue weighted by Crippen LogP contribution is 2.40. The van der Waals surface area contributed by atoms with Gasteiger partial charge in [0.25, 0.3) is 0 Å². The molecule has 0 spiro atoms. The Morgan fingerprint density at radius 1 is 1.00 bits per heavy atom.